The van der Waals surface area contributed by atoms with E-state index in [-0.39, 0.29) is 18.2 Å². The third-order valence-corrected chi connectivity index (χ3v) is 4.92. The summed E-state index contributed by atoms with van der Waals surface area (Å²) in [5, 5.41) is 13.8. The topological polar surface area (TPSA) is 113 Å². The molecule has 0 saturated carbocycles. The van der Waals surface area contributed by atoms with Gasteiger partial charge in [-0.05, 0) is 30.3 Å². The van der Waals surface area contributed by atoms with Crippen LogP contribution in [-0.2, 0) is 11.2 Å². The van der Waals surface area contributed by atoms with E-state index in [2.05, 4.69) is 25.8 Å². The molecule has 0 aliphatic heterocycles. The smallest absolute Gasteiger partial charge is 0.272 e. The van der Waals surface area contributed by atoms with Crippen LogP contribution >= 0.6 is 11.6 Å². The number of aryl methyl sites for hydroxylation is 1. The van der Waals surface area contributed by atoms with Crippen molar-refractivity contribution in [1.82, 2.24) is 25.8 Å². The highest BCUT2D eigenvalue weighted by Crippen LogP contribution is 2.22. The second-order valence-electron chi connectivity index (χ2n) is 6.85. The second kappa shape index (κ2) is 9.44. The number of halogens is 1. The Bertz CT molecular complexity index is 1200. The quantitative estimate of drug-likeness (QED) is 0.366. The molecule has 0 saturated heterocycles. The van der Waals surface area contributed by atoms with Crippen molar-refractivity contribution in [3.63, 3.8) is 0 Å². The van der Waals surface area contributed by atoms with Crippen LogP contribution in [0, 0.1) is 0 Å². The lowest BCUT2D eigenvalue weighted by Crippen LogP contribution is -2.35. The molecule has 0 bridgehead atoms. The molecule has 3 N–H and O–H groups in total. The molecule has 0 fully saturated rings. The van der Waals surface area contributed by atoms with E-state index in [0.717, 1.165) is 16.5 Å². The number of para-hydroxylation sites is 1. The van der Waals surface area contributed by atoms with Gasteiger partial charge in [0.1, 0.15) is 0 Å². The number of fused-ring (bicyclic) bond motifs is 1. The number of rotatable bonds is 8. The Labute approximate surface area is 183 Å². The molecule has 31 heavy (non-hydrogen) atoms. The average molecular weight is 438 g/mol. The van der Waals surface area contributed by atoms with Gasteiger partial charge in [0.15, 0.2) is 17.3 Å². The Hall–Kier alpha value is -3.65. The number of amides is 2. The van der Waals surface area contributed by atoms with Gasteiger partial charge in [-0.25, -0.2) is 4.98 Å². The van der Waals surface area contributed by atoms with Crippen LogP contribution in [0.25, 0.3) is 22.2 Å². The maximum absolute atomic E-state index is 12.3. The van der Waals surface area contributed by atoms with Gasteiger partial charge in [0.05, 0.1) is 11.7 Å². The molecule has 0 aliphatic carbocycles. The monoisotopic (exact) mass is 437 g/mol. The Morgan fingerprint density at radius 3 is 2.65 bits per heavy atom. The van der Waals surface area contributed by atoms with Crippen LogP contribution in [0.1, 0.15) is 22.8 Å². The summed E-state index contributed by atoms with van der Waals surface area (Å²) in [6, 6.07) is 14.6. The maximum Gasteiger partial charge on any atom is 0.272 e. The summed E-state index contributed by atoms with van der Waals surface area (Å²) in [6.45, 7) is 0.611. The van der Waals surface area contributed by atoms with E-state index in [4.69, 9.17) is 16.0 Å². The van der Waals surface area contributed by atoms with Gasteiger partial charge in [-0.2, -0.15) is 5.10 Å². The highest BCUT2D eigenvalue weighted by atomic mass is 35.5. The Morgan fingerprint density at radius 1 is 1.03 bits per heavy atom. The van der Waals surface area contributed by atoms with Crippen molar-refractivity contribution in [2.24, 2.45) is 0 Å². The number of carbonyl (C=O) groups excluding carboxylic acids is 2. The third-order valence-electron chi connectivity index (χ3n) is 4.67. The van der Waals surface area contributed by atoms with Gasteiger partial charge in [0, 0.05) is 41.9 Å². The van der Waals surface area contributed by atoms with E-state index in [1.165, 1.54) is 0 Å². The summed E-state index contributed by atoms with van der Waals surface area (Å²) in [5.41, 5.74) is 2.00. The molecule has 4 rings (SSSR count). The van der Waals surface area contributed by atoms with Gasteiger partial charge in [0.25, 0.3) is 5.91 Å². The zero-order valence-electron chi connectivity index (χ0n) is 16.5. The molecule has 8 nitrogen and oxygen atoms in total. The fourth-order valence-electron chi connectivity index (χ4n) is 3.08. The first-order chi connectivity index (χ1) is 15.1. The van der Waals surface area contributed by atoms with Crippen LogP contribution < -0.4 is 10.6 Å². The first-order valence-electron chi connectivity index (χ1n) is 9.79. The van der Waals surface area contributed by atoms with Gasteiger partial charge in [0.2, 0.25) is 5.91 Å². The van der Waals surface area contributed by atoms with E-state index in [1.54, 1.807) is 18.3 Å². The molecule has 0 atom stereocenters. The van der Waals surface area contributed by atoms with Crippen molar-refractivity contribution >= 4 is 34.3 Å². The summed E-state index contributed by atoms with van der Waals surface area (Å²) in [7, 11) is 0. The molecule has 2 heterocycles. The minimum atomic E-state index is -0.291. The van der Waals surface area contributed by atoms with Crippen molar-refractivity contribution in [2.45, 2.75) is 12.8 Å². The predicted molar refractivity (Wildman–Crippen MR) is 117 cm³/mol. The van der Waals surface area contributed by atoms with Crippen LogP contribution in [0.3, 0.4) is 0 Å². The molecular weight excluding hydrogens is 418 g/mol. The van der Waals surface area contributed by atoms with E-state index in [1.807, 2.05) is 36.4 Å². The Kier molecular flexibility index (Phi) is 6.28. The second-order valence-corrected chi connectivity index (χ2v) is 7.29. The molecule has 0 aliphatic rings. The molecule has 2 amide bonds. The zero-order chi connectivity index (χ0) is 21.6. The minimum absolute atomic E-state index is 0.147. The van der Waals surface area contributed by atoms with Crippen LogP contribution in [0.15, 0.2) is 59.1 Å². The third kappa shape index (κ3) is 5.10. The summed E-state index contributed by atoms with van der Waals surface area (Å²) in [5.74, 6) is 0.673. The fourth-order valence-corrected chi connectivity index (χ4v) is 3.21. The van der Waals surface area contributed by atoms with Gasteiger partial charge >= 0.3 is 0 Å². The number of aromatic amines is 1. The van der Waals surface area contributed by atoms with Gasteiger partial charge in [-0.3, -0.25) is 14.7 Å². The SMILES string of the molecule is O=C(CCc1ncc(-c2ccc(Cl)cc2)o1)NCCNC(=O)c1n[nH]c2ccccc12. The lowest BCUT2D eigenvalue weighted by Gasteiger charge is -2.06. The largest absolute Gasteiger partial charge is 0.441 e. The molecule has 2 aromatic heterocycles. The van der Waals surface area contributed by atoms with E-state index >= 15 is 0 Å². The number of H-pyrrole nitrogens is 1. The lowest BCUT2D eigenvalue weighted by molar-refractivity contribution is -0.121. The molecule has 2 aromatic carbocycles. The summed E-state index contributed by atoms with van der Waals surface area (Å²) in [6.07, 6.45) is 2.24. The van der Waals surface area contributed by atoms with Gasteiger partial charge < -0.3 is 15.1 Å². The summed E-state index contributed by atoms with van der Waals surface area (Å²) >= 11 is 5.89. The van der Waals surface area contributed by atoms with E-state index in [9.17, 15) is 9.59 Å². The average Bonchev–Trinajstić information content (AvgIpc) is 3.43. The molecular formula is C22H20ClN5O3. The molecule has 0 unspecified atom stereocenters. The van der Waals surface area contributed by atoms with Crippen molar-refractivity contribution in [1.29, 1.82) is 0 Å². The van der Waals surface area contributed by atoms with Crippen LogP contribution in [0.5, 0.6) is 0 Å². The first kappa shape index (κ1) is 20.6. The molecule has 9 heteroatoms. The summed E-state index contributed by atoms with van der Waals surface area (Å²) < 4.78 is 5.69. The molecule has 0 radical (unpaired) electrons. The van der Waals surface area contributed by atoms with Crippen molar-refractivity contribution in [3.05, 3.63) is 71.3 Å². The standard InChI is InChI=1S/C22H20ClN5O3/c23-15-7-5-14(6-8-15)18-13-26-20(31-18)10-9-19(29)24-11-12-25-22(30)21-16-3-1-2-4-17(16)27-28-21/h1-8,13H,9-12H2,(H,24,29)(H,25,30)(H,27,28). The van der Waals surface area contributed by atoms with E-state index < -0.39 is 0 Å². The number of oxazole rings is 1. The fraction of sp³-hybridized carbons (Fsp3) is 0.182. The number of hydrogen-bond donors (Lipinski definition) is 3. The molecule has 158 valence electrons. The number of nitrogens with one attached hydrogen (secondary N) is 3. The minimum Gasteiger partial charge on any atom is -0.441 e. The predicted octanol–water partition coefficient (Wildman–Crippen LogP) is 3.35. The highest BCUT2D eigenvalue weighted by molar-refractivity contribution is 6.30. The zero-order valence-corrected chi connectivity index (χ0v) is 17.3. The number of carbonyl (C=O) groups is 2. The van der Waals surface area contributed by atoms with Crippen molar-refractivity contribution in [2.75, 3.05) is 13.1 Å². The van der Waals surface area contributed by atoms with Gasteiger partial charge in [-0.1, -0.05) is 29.8 Å². The molecule has 0 spiro atoms. The van der Waals surface area contributed by atoms with Crippen LogP contribution in [-0.4, -0.2) is 40.1 Å². The number of hydrogen-bond acceptors (Lipinski definition) is 5. The van der Waals surface area contributed by atoms with Crippen molar-refractivity contribution in [3.8, 4) is 11.3 Å². The normalized spacial score (nSPS) is 10.9. The Balaban J connectivity index is 1.19. The number of benzene rings is 2. The molecule has 4 aromatic rings. The lowest BCUT2D eigenvalue weighted by atomic mass is 10.2. The number of aromatic nitrogens is 3. The van der Waals surface area contributed by atoms with Crippen molar-refractivity contribution < 1.29 is 14.0 Å². The first-order valence-corrected chi connectivity index (χ1v) is 10.2. The maximum atomic E-state index is 12.3. The summed E-state index contributed by atoms with van der Waals surface area (Å²) in [4.78, 5) is 28.5. The van der Waals surface area contributed by atoms with Crippen LogP contribution in [0.2, 0.25) is 5.02 Å². The Morgan fingerprint density at radius 2 is 1.81 bits per heavy atom. The van der Waals surface area contributed by atoms with Crippen LogP contribution in [0.4, 0.5) is 0 Å². The van der Waals surface area contributed by atoms with E-state index in [0.29, 0.717) is 41.9 Å². The number of nitrogens with zero attached hydrogens (tertiary/aromatic N) is 2. The van der Waals surface area contributed by atoms with Gasteiger partial charge in [-0.15, -0.1) is 0 Å². The highest BCUT2D eigenvalue weighted by Gasteiger charge is 2.13.